The summed E-state index contributed by atoms with van der Waals surface area (Å²) in [6.07, 6.45) is 0. The molecule has 0 aliphatic rings. The van der Waals surface area contributed by atoms with E-state index in [-0.39, 0.29) is 11.8 Å². The molecule has 2 amide bonds. The highest BCUT2D eigenvalue weighted by molar-refractivity contribution is 7.98. The van der Waals surface area contributed by atoms with Crippen LogP contribution >= 0.6 is 11.8 Å². The zero-order valence-electron chi connectivity index (χ0n) is 20.8. The summed E-state index contributed by atoms with van der Waals surface area (Å²) in [5, 5.41) is 5.98. The second-order valence-corrected chi connectivity index (χ2v) is 10.1. The minimum absolute atomic E-state index is 0.0299. The maximum absolute atomic E-state index is 12.8. The van der Waals surface area contributed by atoms with E-state index < -0.39 is 5.41 Å². The fraction of sp³-hybridized carbons (Fsp3) is 0.286. The number of amides is 2. The normalized spacial score (nSPS) is 11.0. The molecule has 0 radical (unpaired) electrons. The van der Waals surface area contributed by atoms with Gasteiger partial charge in [-0.25, -0.2) is 0 Å². The molecule has 0 atom stereocenters. The first-order chi connectivity index (χ1) is 16.7. The standard InChI is InChI=1S/C28H32N2O4S/c1-28(2,3)27(32)30-23-11-6-7-12-25(23)35-18-19-9-8-10-20(15-19)26(31)29-17-21-13-14-22(33-4)16-24(21)34-5/h6-16H,17-18H2,1-5H3,(H,29,31)(H,30,32). The Hall–Kier alpha value is -3.45. The van der Waals surface area contributed by atoms with Gasteiger partial charge in [0.25, 0.3) is 5.91 Å². The van der Waals surface area contributed by atoms with Crippen molar-refractivity contribution in [3.8, 4) is 11.5 Å². The number of rotatable bonds is 9. The molecule has 0 aliphatic heterocycles. The SMILES string of the molecule is COc1ccc(CNC(=O)c2cccc(CSc3ccccc3NC(=O)C(C)(C)C)c2)c(OC)c1. The second kappa shape index (κ2) is 11.8. The third-order valence-electron chi connectivity index (χ3n) is 5.33. The highest BCUT2D eigenvalue weighted by Gasteiger charge is 2.22. The quantitative estimate of drug-likeness (QED) is 0.363. The molecule has 0 aromatic heterocycles. The third-order valence-corrected chi connectivity index (χ3v) is 6.48. The number of hydrogen-bond acceptors (Lipinski definition) is 5. The van der Waals surface area contributed by atoms with Crippen LogP contribution in [0.5, 0.6) is 11.5 Å². The van der Waals surface area contributed by atoms with Crippen LogP contribution in [0.2, 0.25) is 0 Å². The lowest BCUT2D eigenvalue weighted by atomic mass is 9.95. The minimum Gasteiger partial charge on any atom is -0.497 e. The molecule has 2 N–H and O–H groups in total. The third kappa shape index (κ3) is 7.26. The van der Waals surface area contributed by atoms with Gasteiger partial charge in [-0.05, 0) is 42.0 Å². The Morgan fingerprint density at radius 2 is 1.69 bits per heavy atom. The van der Waals surface area contributed by atoms with Crippen molar-refractivity contribution in [2.24, 2.45) is 5.41 Å². The van der Waals surface area contributed by atoms with E-state index >= 15 is 0 Å². The zero-order chi connectivity index (χ0) is 25.4. The summed E-state index contributed by atoms with van der Waals surface area (Å²) in [5.41, 5.74) is 2.78. The molecule has 0 spiro atoms. The van der Waals surface area contributed by atoms with Crippen LogP contribution in [-0.2, 0) is 17.1 Å². The highest BCUT2D eigenvalue weighted by atomic mass is 32.2. The van der Waals surface area contributed by atoms with Gasteiger partial charge < -0.3 is 20.1 Å². The molecule has 3 aromatic rings. The van der Waals surface area contributed by atoms with Crippen LogP contribution in [-0.4, -0.2) is 26.0 Å². The molecule has 0 saturated heterocycles. The topological polar surface area (TPSA) is 76.7 Å². The van der Waals surface area contributed by atoms with Gasteiger partial charge in [-0.1, -0.05) is 45.0 Å². The van der Waals surface area contributed by atoms with E-state index in [0.717, 1.165) is 21.7 Å². The number of anilines is 1. The molecule has 0 unspecified atom stereocenters. The molecule has 7 heteroatoms. The lowest BCUT2D eigenvalue weighted by Gasteiger charge is -2.19. The summed E-state index contributed by atoms with van der Waals surface area (Å²) >= 11 is 1.62. The first-order valence-corrected chi connectivity index (χ1v) is 12.3. The second-order valence-electron chi connectivity index (χ2n) is 9.05. The Bertz CT molecular complexity index is 1190. The summed E-state index contributed by atoms with van der Waals surface area (Å²) in [4.78, 5) is 26.2. The van der Waals surface area contributed by atoms with Crippen molar-refractivity contribution in [2.75, 3.05) is 19.5 Å². The van der Waals surface area contributed by atoms with Crippen molar-refractivity contribution in [3.63, 3.8) is 0 Å². The fourth-order valence-electron chi connectivity index (χ4n) is 3.24. The molecule has 0 fully saturated rings. The predicted molar refractivity (Wildman–Crippen MR) is 141 cm³/mol. The van der Waals surface area contributed by atoms with Crippen LogP contribution in [0.1, 0.15) is 42.3 Å². The van der Waals surface area contributed by atoms with Crippen LogP contribution in [0.15, 0.2) is 71.6 Å². The van der Waals surface area contributed by atoms with Gasteiger partial charge in [0.1, 0.15) is 11.5 Å². The van der Waals surface area contributed by atoms with Crippen molar-refractivity contribution in [3.05, 3.63) is 83.4 Å². The van der Waals surface area contributed by atoms with Crippen molar-refractivity contribution in [1.82, 2.24) is 5.32 Å². The van der Waals surface area contributed by atoms with Gasteiger partial charge in [-0.2, -0.15) is 0 Å². The Balaban J connectivity index is 1.64. The fourth-order valence-corrected chi connectivity index (χ4v) is 4.20. The van der Waals surface area contributed by atoms with Gasteiger partial charge in [-0.3, -0.25) is 9.59 Å². The van der Waals surface area contributed by atoms with Crippen molar-refractivity contribution >= 4 is 29.3 Å². The molecule has 0 saturated carbocycles. The average Bonchev–Trinajstić information content (AvgIpc) is 2.86. The summed E-state index contributed by atoms with van der Waals surface area (Å²) < 4.78 is 10.6. The highest BCUT2D eigenvalue weighted by Crippen LogP contribution is 2.31. The summed E-state index contributed by atoms with van der Waals surface area (Å²) in [5.74, 6) is 1.83. The van der Waals surface area contributed by atoms with Crippen LogP contribution < -0.4 is 20.1 Å². The molecule has 0 heterocycles. The van der Waals surface area contributed by atoms with Gasteiger partial charge in [0.2, 0.25) is 5.91 Å². The lowest BCUT2D eigenvalue weighted by molar-refractivity contribution is -0.123. The van der Waals surface area contributed by atoms with Crippen LogP contribution in [0.3, 0.4) is 0 Å². The number of carbonyl (C=O) groups excluding carboxylic acids is 2. The molecular weight excluding hydrogens is 460 g/mol. The first kappa shape index (κ1) is 26.2. The molecule has 35 heavy (non-hydrogen) atoms. The Morgan fingerprint density at radius 1 is 0.914 bits per heavy atom. The smallest absolute Gasteiger partial charge is 0.251 e. The maximum Gasteiger partial charge on any atom is 0.251 e. The van der Waals surface area contributed by atoms with E-state index in [1.165, 1.54) is 0 Å². The number of carbonyl (C=O) groups is 2. The summed E-state index contributed by atoms with van der Waals surface area (Å²) in [6, 6.07) is 20.8. The number of hydrogen-bond donors (Lipinski definition) is 2. The molecule has 0 aliphatic carbocycles. The predicted octanol–water partition coefficient (Wildman–Crippen LogP) is 5.91. The molecule has 6 nitrogen and oxygen atoms in total. The van der Waals surface area contributed by atoms with E-state index in [0.29, 0.717) is 29.4 Å². The average molecular weight is 493 g/mol. The number of ether oxygens (including phenoxy) is 2. The Labute approximate surface area is 211 Å². The van der Waals surface area contributed by atoms with Crippen LogP contribution in [0.4, 0.5) is 5.69 Å². The van der Waals surface area contributed by atoms with E-state index in [9.17, 15) is 9.59 Å². The Morgan fingerprint density at radius 3 is 2.40 bits per heavy atom. The number of methoxy groups -OCH3 is 2. The summed E-state index contributed by atoms with van der Waals surface area (Å²) in [7, 11) is 3.19. The largest absolute Gasteiger partial charge is 0.497 e. The van der Waals surface area contributed by atoms with E-state index in [2.05, 4.69) is 10.6 Å². The monoisotopic (exact) mass is 492 g/mol. The minimum atomic E-state index is -0.477. The first-order valence-electron chi connectivity index (χ1n) is 11.3. The number of para-hydroxylation sites is 1. The van der Waals surface area contributed by atoms with Crippen molar-refractivity contribution in [2.45, 2.75) is 38.0 Å². The number of thioether (sulfide) groups is 1. The molecule has 3 rings (SSSR count). The van der Waals surface area contributed by atoms with E-state index in [4.69, 9.17) is 9.47 Å². The maximum atomic E-state index is 12.8. The van der Waals surface area contributed by atoms with Gasteiger partial charge in [0, 0.05) is 39.8 Å². The van der Waals surface area contributed by atoms with E-state index in [1.54, 1.807) is 38.1 Å². The van der Waals surface area contributed by atoms with Crippen LogP contribution in [0.25, 0.3) is 0 Å². The number of benzene rings is 3. The van der Waals surface area contributed by atoms with Crippen molar-refractivity contribution in [1.29, 1.82) is 0 Å². The van der Waals surface area contributed by atoms with Gasteiger partial charge >= 0.3 is 0 Å². The lowest BCUT2D eigenvalue weighted by Crippen LogP contribution is -2.27. The number of nitrogens with one attached hydrogen (secondary N) is 2. The van der Waals surface area contributed by atoms with Crippen molar-refractivity contribution < 1.29 is 19.1 Å². The molecule has 3 aromatic carbocycles. The zero-order valence-corrected chi connectivity index (χ0v) is 21.6. The van der Waals surface area contributed by atoms with Crippen LogP contribution in [0, 0.1) is 5.41 Å². The van der Waals surface area contributed by atoms with Gasteiger partial charge in [0.05, 0.1) is 19.9 Å². The molecule has 184 valence electrons. The van der Waals surface area contributed by atoms with Gasteiger partial charge in [0.15, 0.2) is 0 Å². The summed E-state index contributed by atoms with van der Waals surface area (Å²) in [6.45, 7) is 6.00. The molecule has 0 bridgehead atoms. The molecular formula is C28H32N2O4S. The Kier molecular flexibility index (Phi) is 8.82. The van der Waals surface area contributed by atoms with Gasteiger partial charge in [-0.15, -0.1) is 11.8 Å². The van der Waals surface area contributed by atoms with E-state index in [1.807, 2.05) is 75.4 Å².